The quantitative estimate of drug-likeness (QED) is 0.745. The van der Waals surface area contributed by atoms with Crippen molar-refractivity contribution in [1.82, 2.24) is 0 Å². The second kappa shape index (κ2) is 7.54. The number of rotatable bonds is 5. The van der Waals surface area contributed by atoms with Crippen molar-refractivity contribution in [2.75, 3.05) is 0 Å². The molecule has 0 spiro atoms. The second-order valence-corrected chi connectivity index (χ2v) is 5.80. The molecule has 2 aromatic rings. The van der Waals surface area contributed by atoms with Gasteiger partial charge < -0.3 is 0 Å². The number of Topliss-reactive ketones (excluding diaryl/α,β-unsaturated/α-hetero) is 1. The average Bonchev–Trinajstić information content (AvgIpc) is 2.56. The van der Waals surface area contributed by atoms with E-state index in [0.717, 1.165) is 10.0 Å². The van der Waals surface area contributed by atoms with Crippen molar-refractivity contribution in [3.8, 4) is 12.1 Å². The van der Waals surface area contributed by atoms with Crippen molar-refractivity contribution < 1.29 is 4.79 Å². The maximum atomic E-state index is 12.4. The molecule has 3 nitrogen and oxygen atoms in total. The van der Waals surface area contributed by atoms with Gasteiger partial charge in [-0.3, -0.25) is 4.79 Å². The lowest BCUT2D eigenvalue weighted by atomic mass is 9.83. The van der Waals surface area contributed by atoms with Crippen LogP contribution in [0, 0.1) is 28.6 Å². The Morgan fingerprint density at radius 3 is 2.14 bits per heavy atom. The highest BCUT2D eigenvalue weighted by atomic mass is 79.9. The van der Waals surface area contributed by atoms with Crippen molar-refractivity contribution in [1.29, 1.82) is 10.5 Å². The van der Waals surface area contributed by atoms with Gasteiger partial charge >= 0.3 is 0 Å². The summed E-state index contributed by atoms with van der Waals surface area (Å²) < 4.78 is 0.899. The van der Waals surface area contributed by atoms with Gasteiger partial charge in [0.1, 0.15) is 5.92 Å². The number of nitrogens with zero attached hydrogens (tertiary/aromatic N) is 2. The molecule has 0 fully saturated rings. The summed E-state index contributed by atoms with van der Waals surface area (Å²) in [6.45, 7) is 0. The van der Waals surface area contributed by atoms with Crippen LogP contribution in [-0.4, -0.2) is 5.78 Å². The maximum absolute atomic E-state index is 12.4. The minimum absolute atomic E-state index is 0.0724. The molecule has 0 saturated heterocycles. The minimum atomic E-state index is -0.846. The molecule has 0 radical (unpaired) electrons. The number of halogens is 1. The van der Waals surface area contributed by atoms with Gasteiger partial charge in [0, 0.05) is 22.4 Å². The van der Waals surface area contributed by atoms with E-state index in [1.807, 2.05) is 42.5 Å². The van der Waals surface area contributed by atoms with Crippen LogP contribution in [0.2, 0.25) is 0 Å². The third-order valence-electron chi connectivity index (χ3n) is 3.48. The van der Waals surface area contributed by atoms with Gasteiger partial charge in [0.25, 0.3) is 0 Å². The molecule has 0 unspecified atom stereocenters. The van der Waals surface area contributed by atoms with Crippen molar-refractivity contribution in [3.05, 3.63) is 70.2 Å². The van der Waals surface area contributed by atoms with Crippen LogP contribution in [0.15, 0.2) is 59.1 Å². The van der Waals surface area contributed by atoms with Crippen molar-refractivity contribution in [2.24, 2.45) is 5.92 Å². The first-order valence-corrected chi connectivity index (χ1v) is 7.58. The molecule has 2 rings (SSSR count). The highest BCUT2D eigenvalue weighted by molar-refractivity contribution is 9.10. The lowest BCUT2D eigenvalue weighted by Gasteiger charge is -2.17. The summed E-state index contributed by atoms with van der Waals surface area (Å²) in [4.78, 5) is 12.4. The van der Waals surface area contributed by atoms with Gasteiger partial charge in [0.2, 0.25) is 0 Å². The SMILES string of the molecule is N#CC(C#N)[C@H](CC(=O)c1ccc(Br)cc1)c1ccccc1. The van der Waals surface area contributed by atoms with E-state index in [4.69, 9.17) is 0 Å². The maximum Gasteiger partial charge on any atom is 0.163 e. The van der Waals surface area contributed by atoms with E-state index >= 15 is 0 Å². The molecule has 1 atom stereocenters. The summed E-state index contributed by atoms with van der Waals surface area (Å²) in [5.74, 6) is -1.34. The van der Waals surface area contributed by atoms with Crippen LogP contribution >= 0.6 is 15.9 Å². The molecule has 4 heteroatoms. The number of carbonyl (C=O) groups is 1. The van der Waals surface area contributed by atoms with Gasteiger partial charge in [-0.2, -0.15) is 10.5 Å². The van der Waals surface area contributed by atoms with Crippen LogP contribution in [0.25, 0.3) is 0 Å². The molecular formula is C18H13BrN2O. The standard InChI is InChI=1S/C18H13BrN2O/c19-16-8-6-14(7-9-16)18(22)10-17(15(11-20)12-21)13-4-2-1-3-5-13/h1-9,15,17H,10H2/t17-/m1/s1. The number of carbonyl (C=O) groups excluding carboxylic acids is 1. The fourth-order valence-electron chi connectivity index (χ4n) is 2.29. The normalized spacial score (nSPS) is 11.5. The monoisotopic (exact) mass is 352 g/mol. The van der Waals surface area contributed by atoms with E-state index in [0.29, 0.717) is 5.56 Å². The van der Waals surface area contributed by atoms with Crippen LogP contribution < -0.4 is 0 Å². The molecule has 0 N–H and O–H groups in total. The first-order valence-electron chi connectivity index (χ1n) is 6.78. The predicted molar refractivity (Wildman–Crippen MR) is 87.0 cm³/mol. The van der Waals surface area contributed by atoms with Gasteiger partial charge in [0.05, 0.1) is 12.1 Å². The van der Waals surface area contributed by atoms with E-state index < -0.39 is 11.8 Å². The number of nitriles is 2. The van der Waals surface area contributed by atoms with E-state index in [2.05, 4.69) is 15.9 Å². The van der Waals surface area contributed by atoms with Gasteiger partial charge in [0.15, 0.2) is 5.78 Å². The summed E-state index contributed by atoms with van der Waals surface area (Å²) in [5.41, 5.74) is 1.42. The molecule has 0 aliphatic rings. The molecule has 0 bridgehead atoms. The highest BCUT2D eigenvalue weighted by Gasteiger charge is 2.26. The van der Waals surface area contributed by atoms with E-state index in [1.54, 1.807) is 24.3 Å². The number of hydrogen-bond donors (Lipinski definition) is 0. The van der Waals surface area contributed by atoms with Gasteiger partial charge in [-0.25, -0.2) is 0 Å². The summed E-state index contributed by atoms with van der Waals surface area (Å²) in [6.07, 6.45) is 0.136. The summed E-state index contributed by atoms with van der Waals surface area (Å²) in [5, 5.41) is 18.4. The van der Waals surface area contributed by atoms with Gasteiger partial charge in [-0.15, -0.1) is 0 Å². The molecule has 0 saturated carbocycles. The van der Waals surface area contributed by atoms with Crippen molar-refractivity contribution in [2.45, 2.75) is 12.3 Å². The smallest absolute Gasteiger partial charge is 0.163 e. The molecule has 2 aromatic carbocycles. The van der Waals surface area contributed by atoms with Crippen molar-refractivity contribution in [3.63, 3.8) is 0 Å². The first-order chi connectivity index (χ1) is 10.7. The third kappa shape index (κ3) is 3.81. The fourth-order valence-corrected chi connectivity index (χ4v) is 2.55. The third-order valence-corrected chi connectivity index (χ3v) is 4.01. The molecule has 0 aromatic heterocycles. The zero-order chi connectivity index (χ0) is 15.9. The highest BCUT2D eigenvalue weighted by Crippen LogP contribution is 2.29. The van der Waals surface area contributed by atoms with Crippen LogP contribution in [-0.2, 0) is 0 Å². The van der Waals surface area contributed by atoms with Crippen molar-refractivity contribution >= 4 is 21.7 Å². The topological polar surface area (TPSA) is 64.7 Å². The minimum Gasteiger partial charge on any atom is -0.294 e. The Morgan fingerprint density at radius 1 is 1.00 bits per heavy atom. The molecule has 108 valence electrons. The molecule has 0 heterocycles. The van der Waals surface area contributed by atoms with Crippen LogP contribution in [0.5, 0.6) is 0 Å². The molecular weight excluding hydrogens is 340 g/mol. The van der Waals surface area contributed by atoms with Gasteiger partial charge in [-0.1, -0.05) is 58.4 Å². The zero-order valence-corrected chi connectivity index (χ0v) is 13.3. The lowest BCUT2D eigenvalue weighted by Crippen LogP contribution is -2.15. The number of hydrogen-bond acceptors (Lipinski definition) is 3. The van der Waals surface area contributed by atoms with E-state index in [1.165, 1.54) is 0 Å². The molecule has 0 aliphatic carbocycles. The Bertz CT molecular complexity index is 712. The Labute approximate surface area is 137 Å². The lowest BCUT2D eigenvalue weighted by molar-refractivity contribution is 0.0971. The zero-order valence-electron chi connectivity index (χ0n) is 11.7. The molecule has 0 amide bonds. The molecule has 0 aliphatic heterocycles. The summed E-state index contributed by atoms with van der Waals surface area (Å²) in [6, 6.07) is 20.3. The number of benzene rings is 2. The largest absolute Gasteiger partial charge is 0.294 e. The Kier molecular flexibility index (Phi) is 5.47. The summed E-state index contributed by atoms with van der Waals surface area (Å²) in [7, 11) is 0. The van der Waals surface area contributed by atoms with Crippen LogP contribution in [0.4, 0.5) is 0 Å². The van der Waals surface area contributed by atoms with Gasteiger partial charge in [-0.05, 0) is 17.7 Å². The van der Waals surface area contributed by atoms with Crippen LogP contribution in [0.1, 0.15) is 28.3 Å². The number of ketones is 1. The summed E-state index contributed by atoms with van der Waals surface area (Å²) >= 11 is 3.33. The first kappa shape index (κ1) is 15.9. The average molecular weight is 353 g/mol. The second-order valence-electron chi connectivity index (χ2n) is 4.89. The van der Waals surface area contributed by atoms with E-state index in [9.17, 15) is 15.3 Å². The molecule has 22 heavy (non-hydrogen) atoms. The van der Waals surface area contributed by atoms with Crippen LogP contribution in [0.3, 0.4) is 0 Å². The Balaban J connectivity index is 2.27. The predicted octanol–water partition coefficient (Wildman–Crippen LogP) is 4.47. The fraction of sp³-hybridized carbons (Fsp3) is 0.167. The Morgan fingerprint density at radius 2 is 1.59 bits per heavy atom. The Hall–Kier alpha value is -2.43. The van der Waals surface area contributed by atoms with E-state index in [-0.39, 0.29) is 12.2 Å².